The van der Waals surface area contributed by atoms with Gasteiger partial charge >= 0.3 is 17.7 Å². The molecule has 1 atom stereocenters. The van der Waals surface area contributed by atoms with Gasteiger partial charge in [0.05, 0.1) is 0 Å². The number of amides is 1. The Bertz CT molecular complexity index is 1460. The van der Waals surface area contributed by atoms with Gasteiger partial charge in [-0.3, -0.25) is 0 Å². The number of alkyl carbamates (subject to hydrolysis) is 1. The average molecular weight is 471 g/mol. The summed E-state index contributed by atoms with van der Waals surface area (Å²) in [7, 11) is 0. The molecule has 0 fully saturated rings. The van der Waals surface area contributed by atoms with E-state index < -0.39 is 23.7 Å². The Labute approximate surface area is 199 Å². The van der Waals surface area contributed by atoms with Gasteiger partial charge in [0.1, 0.15) is 24.0 Å². The van der Waals surface area contributed by atoms with Crippen molar-refractivity contribution >= 4 is 23.0 Å². The van der Waals surface area contributed by atoms with Gasteiger partial charge in [-0.15, -0.1) is 0 Å². The lowest BCUT2D eigenvalue weighted by atomic mass is 9.98. The molecular weight excluding hydrogens is 450 g/mol. The van der Waals surface area contributed by atoms with Crippen LogP contribution in [0.2, 0.25) is 0 Å². The van der Waals surface area contributed by atoms with Gasteiger partial charge in [0.25, 0.3) is 0 Å². The number of aliphatic carboxylic acids is 1. The summed E-state index contributed by atoms with van der Waals surface area (Å²) in [5.74, 6) is -1.53. The van der Waals surface area contributed by atoms with Crippen molar-refractivity contribution in [2.75, 3.05) is 6.61 Å². The highest BCUT2D eigenvalue weighted by molar-refractivity contribution is 5.84. The number of carbonyl (C=O) groups is 2. The summed E-state index contributed by atoms with van der Waals surface area (Å²) in [5, 5.41) is 22.2. The lowest BCUT2D eigenvalue weighted by molar-refractivity contribution is -0.139. The molecule has 0 spiro atoms. The van der Waals surface area contributed by atoms with Gasteiger partial charge in [-0.2, -0.15) is 0 Å². The Morgan fingerprint density at radius 2 is 1.63 bits per heavy atom. The molecule has 5 rings (SSSR count). The molecule has 176 valence electrons. The van der Waals surface area contributed by atoms with E-state index in [1.54, 1.807) is 0 Å². The van der Waals surface area contributed by atoms with E-state index in [1.807, 2.05) is 48.5 Å². The minimum absolute atomic E-state index is 0.0450. The van der Waals surface area contributed by atoms with Crippen LogP contribution in [0.1, 0.15) is 22.6 Å². The summed E-state index contributed by atoms with van der Waals surface area (Å²) in [6, 6.07) is 19.8. The minimum atomic E-state index is -1.34. The average Bonchev–Trinajstić information content (AvgIpc) is 3.15. The van der Waals surface area contributed by atoms with E-state index in [0.717, 1.165) is 22.3 Å². The van der Waals surface area contributed by atoms with Crippen LogP contribution in [0.25, 0.3) is 22.1 Å². The first-order chi connectivity index (χ1) is 16.9. The van der Waals surface area contributed by atoms with Gasteiger partial charge in [-0.1, -0.05) is 48.5 Å². The van der Waals surface area contributed by atoms with Crippen molar-refractivity contribution in [2.45, 2.75) is 18.4 Å². The van der Waals surface area contributed by atoms with Crippen molar-refractivity contribution in [3.63, 3.8) is 0 Å². The quantitative estimate of drug-likeness (QED) is 0.363. The van der Waals surface area contributed by atoms with Gasteiger partial charge in [-0.05, 0) is 39.9 Å². The van der Waals surface area contributed by atoms with E-state index in [1.165, 1.54) is 24.3 Å². The molecule has 8 nitrogen and oxygen atoms in total. The number of fused-ring (bicyclic) bond motifs is 4. The molecule has 4 aromatic rings. The standard InChI is InChI=1S/C27H21NO7/c29-16-9-10-17-15(12-25(30)35-24(17)13-16)11-23(26(31)32)28-27(33)34-14-22-20-7-3-1-5-18(20)19-6-2-4-8-21(19)22/h1-10,12-13,22-23,29H,11,14H2,(H,28,33)(H,31,32)/t23-/m0/s1. The molecule has 3 aromatic carbocycles. The number of aromatic hydroxyl groups is 1. The van der Waals surface area contributed by atoms with Crippen LogP contribution in [-0.2, 0) is 16.0 Å². The number of ether oxygens (including phenoxy) is 1. The van der Waals surface area contributed by atoms with Gasteiger partial charge < -0.3 is 24.7 Å². The topological polar surface area (TPSA) is 126 Å². The Kier molecular flexibility index (Phi) is 5.70. The van der Waals surface area contributed by atoms with E-state index >= 15 is 0 Å². The zero-order valence-electron chi connectivity index (χ0n) is 18.4. The molecule has 1 aromatic heterocycles. The summed E-state index contributed by atoms with van der Waals surface area (Å²) in [5.41, 5.74) is 4.05. The third-order valence-electron chi connectivity index (χ3n) is 6.17. The second kappa shape index (κ2) is 8.98. The van der Waals surface area contributed by atoms with Crippen molar-refractivity contribution in [1.29, 1.82) is 0 Å². The van der Waals surface area contributed by atoms with E-state index in [2.05, 4.69) is 5.32 Å². The Balaban J connectivity index is 1.32. The van der Waals surface area contributed by atoms with Gasteiger partial charge in [-0.25, -0.2) is 14.4 Å². The molecule has 1 aliphatic rings. The first-order valence-electron chi connectivity index (χ1n) is 11.0. The highest BCUT2D eigenvalue weighted by Gasteiger charge is 2.30. The van der Waals surface area contributed by atoms with Crippen LogP contribution in [-0.4, -0.2) is 34.9 Å². The molecule has 3 N–H and O–H groups in total. The zero-order chi connectivity index (χ0) is 24.5. The number of nitrogens with one attached hydrogen (secondary N) is 1. The van der Waals surface area contributed by atoms with Gasteiger partial charge in [0.15, 0.2) is 0 Å². The number of phenols is 1. The van der Waals surface area contributed by atoms with Crippen LogP contribution in [0.3, 0.4) is 0 Å². The normalized spacial score (nSPS) is 13.1. The maximum absolute atomic E-state index is 12.6. The molecule has 1 amide bonds. The third kappa shape index (κ3) is 4.33. The van der Waals surface area contributed by atoms with Crippen LogP contribution in [0.5, 0.6) is 5.75 Å². The lowest BCUT2D eigenvalue weighted by Gasteiger charge is -2.18. The SMILES string of the molecule is O=C(N[C@@H](Cc1cc(=O)oc2cc(O)ccc12)C(=O)O)OCC1c2ccccc2-c2ccccc21. The lowest BCUT2D eigenvalue weighted by Crippen LogP contribution is -2.43. The number of hydrogen-bond acceptors (Lipinski definition) is 6. The fourth-order valence-corrected chi connectivity index (χ4v) is 4.59. The number of phenolic OH excluding ortho intramolecular Hbond substituents is 1. The number of rotatable bonds is 6. The second-order valence-corrected chi connectivity index (χ2v) is 8.34. The predicted octanol–water partition coefficient (Wildman–Crippen LogP) is 4.03. The van der Waals surface area contributed by atoms with E-state index in [4.69, 9.17) is 9.15 Å². The summed E-state index contributed by atoms with van der Waals surface area (Å²) < 4.78 is 10.5. The number of benzene rings is 3. The summed E-state index contributed by atoms with van der Waals surface area (Å²) in [6.45, 7) is 0.0450. The maximum atomic E-state index is 12.6. The fraction of sp³-hybridized carbons (Fsp3) is 0.148. The number of carboxylic acids is 1. The van der Waals surface area contributed by atoms with E-state index in [9.17, 15) is 24.6 Å². The van der Waals surface area contributed by atoms with Gasteiger partial charge in [0, 0.05) is 29.9 Å². The Hall–Kier alpha value is -4.59. The number of carboxylic acid groups (broad SMARTS) is 1. The molecule has 35 heavy (non-hydrogen) atoms. The highest BCUT2D eigenvalue weighted by atomic mass is 16.5. The van der Waals surface area contributed by atoms with Gasteiger partial charge in [0.2, 0.25) is 0 Å². The summed E-state index contributed by atoms with van der Waals surface area (Å²) in [6.07, 6.45) is -1.05. The molecule has 1 heterocycles. The monoisotopic (exact) mass is 471 g/mol. The molecule has 1 aliphatic carbocycles. The Morgan fingerprint density at radius 3 is 2.29 bits per heavy atom. The van der Waals surface area contributed by atoms with Crippen LogP contribution in [0.15, 0.2) is 82.0 Å². The van der Waals surface area contributed by atoms with Crippen LogP contribution < -0.4 is 10.9 Å². The van der Waals surface area contributed by atoms with Crippen LogP contribution in [0.4, 0.5) is 4.79 Å². The van der Waals surface area contributed by atoms with Crippen molar-refractivity contribution < 1.29 is 29.0 Å². The van der Waals surface area contributed by atoms with Crippen LogP contribution >= 0.6 is 0 Å². The van der Waals surface area contributed by atoms with Crippen molar-refractivity contribution in [3.8, 4) is 16.9 Å². The summed E-state index contributed by atoms with van der Waals surface area (Å²) in [4.78, 5) is 36.4. The molecule has 0 unspecified atom stereocenters. The highest BCUT2D eigenvalue weighted by Crippen LogP contribution is 2.44. The Morgan fingerprint density at radius 1 is 0.971 bits per heavy atom. The third-order valence-corrected chi connectivity index (χ3v) is 6.17. The van der Waals surface area contributed by atoms with E-state index in [0.29, 0.717) is 10.9 Å². The summed E-state index contributed by atoms with van der Waals surface area (Å²) >= 11 is 0. The van der Waals surface area contributed by atoms with Crippen molar-refractivity contribution in [1.82, 2.24) is 5.32 Å². The molecular formula is C27H21NO7. The largest absolute Gasteiger partial charge is 0.508 e. The van der Waals surface area contributed by atoms with Crippen molar-refractivity contribution in [2.24, 2.45) is 0 Å². The molecule has 0 saturated heterocycles. The zero-order valence-corrected chi connectivity index (χ0v) is 18.4. The molecule has 0 saturated carbocycles. The molecule has 0 aliphatic heterocycles. The molecule has 0 bridgehead atoms. The second-order valence-electron chi connectivity index (χ2n) is 8.34. The maximum Gasteiger partial charge on any atom is 0.407 e. The molecule has 0 radical (unpaired) electrons. The molecule has 8 heteroatoms. The van der Waals surface area contributed by atoms with Crippen molar-refractivity contribution in [3.05, 3.63) is 99.9 Å². The smallest absolute Gasteiger partial charge is 0.407 e. The fourth-order valence-electron chi connectivity index (χ4n) is 4.59. The first-order valence-corrected chi connectivity index (χ1v) is 11.0. The number of carbonyl (C=O) groups excluding carboxylic acids is 1. The van der Waals surface area contributed by atoms with Crippen LogP contribution in [0, 0.1) is 0 Å². The number of hydrogen-bond donors (Lipinski definition) is 3. The first kappa shape index (κ1) is 22.2. The van der Waals surface area contributed by atoms with E-state index in [-0.39, 0.29) is 30.3 Å². The predicted molar refractivity (Wildman–Crippen MR) is 127 cm³/mol. The minimum Gasteiger partial charge on any atom is -0.508 e.